The average molecular weight is 361 g/mol. The van der Waals surface area contributed by atoms with Gasteiger partial charge in [-0.25, -0.2) is 0 Å². The molecule has 0 aromatic heterocycles. The Morgan fingerprint density at radius 1 is 1.09 bits per heavy atom. The summed E-state index contributed by atoms with van der Waals surface area (Å²) in [6.45, 7) is 0. The molecule has 0 heterocycles. The van der Waals surface area contributed by atoms with Crippen LogP contribution in [0.1, 0.15) is 15.9 Å². The summed E-state index contributed by atoms with van der Waals surface area (Å²) in [4.78, 5) is 25.5. The monoisotopic (exact) mass is 360 g/mol. The predicted molar refractivity (Wildman–Crippen MR) is 90.9 cm³/mol. The number of hydrogen-bond acceptors (Lipinski definition) is 2. The second-order valence-electron chi connectivity index (χ2n) is 5.13. The number of nitrogens with zero attached hydrogens (tertiary/aromatic N) is 1. The Kier molecular flexibility index (Phi) is 5.33. The molecule has 0 bridgehead atoms. The Bertz CT molecular complexity index is 681. The molecule has 0 unspecified atom stereocenters. The minimum atomic E-state index is -0.114. The van der Waals surface area contributed by atoms with Crippen LogP contribution in [0.4, 0.5) is 5.69 Å². The van der Waals surface area contributed by atoms with Crippen molar-refractivity contribution in [3.05, 3.63) is 64.1 Å². The van der Waals surface area contributed by atoms with E-state index in [9.17, 15) is 9.59 Å². The fraction of sp³-hybridized carbons (Fsp3) is 0.176. The molecule has 0 aliphatic heterocycles. The van der Waals surface area contributed by atoms with Crippen LogP contribution in [0.25, 0.3) is 0 Å². The summed E-state index contributed by atoms with van der Waals surface area (Å²) in [5.74, 6) is -0.208. The normalized spacial score (nSPS) is 10.1. The van der Waals surface area contributed by atoms with Crippen LogP contribution < -0.4 is 5.32 Å². The van der Waals surface area contributed by atoms with Gasteiger partial charge in [0.1, 0.15) is 0 Å². The Morgan fingerprint density at radius 3 is 2.41 bits per heavy atom. The molecule has 2 rings (SSSR count). The number of nitrogens with one attached hydrogen (secondary N) is 1. The van der Waals surface area contributed by atoms with E-state index >= 15 is 0 Å². The van der Waals surface area contributed by atoms with E-state index in [0.717, 1.165) is 10.0 Å². The Morgan fingerprint density at radius 2 is 1.77 bits per heavy atom. The Hall–Kier alpha value is -2.14. The van der Waals surface area contributed by atoms with Crippen molar-refractivity contribution in [3.8, 4) is 0 Å². The second-order valence-corrected chi connectivity index (χ2v) is 6.05. The SMILES string of the molecule is CN(C)C(=O)c1cccc(NC(=O)Cc2ccc(Br)cc2)c1. The lowest BCUT2D eigenvalue weighted by Gasteiger charge is -2.11. The van der Waals surface area contributed by atoms with E-state index < -0.39 is 0 Å². The third-order valence-corrected chi connectivity index (χ3v) is 3.61. The quantitative estimate of drug-likeness (QED) is 0.908. The molecule has 4 nitrogen and oxygen atoms in total. The maximum Gasteiger partial charge on any atom is 0.253 e. The lowest BCUT2D eigenvalue weighted by molar-refractivity contribution is -0.115. The van der Waals surface area contributed by atoms with Crippen molar-refractivity contribution in [2.24, 2.45) is 0 Å². The van der Waals surface area contributed by atoms with Crippen LogP contribution in [-0.4, -0.2) is 30.8 Å². The van der Waals surface area contributed by atoms with Gasteiger partial charge in [0.2, 0.25) is 5.91 Å². The number of rotatable bonds is 4. The lowest BCUT2D eigenvalue weighted by atomic mass is 10.1. The first-order valence-corrected chi connectivity index (χ1v) is 7.61. The average Bonchev–Trinajstić information content (AvgIpc) is 2.49. The number of anilines is 1. The van der Waals surface area contributed by atoms with E-state index in [4.69, 9.17) is 0 Å². The molecule has 0 fully saturated rings. The molecule has 0 spiro atoms. The van der Waals surface area contributed by atoms with E-state index in [-0.39, 0.29) is 11.8 Å². The van der Waals surface area contributed by atoms with Gasteiger partial charge in [0.05, 0.1) is 6.42 Å². The van der Waals surface area contributed by atoms with Gasteiger partial charge in [0, 0.05) is 29.8 Å². The van der Waals surface area contributed by atoms with Gasteiger partial charge in [-0.3, -0.25) is 9.59 Å². The van der Waals surface area contributed by atoms with Crippen LogP contribution in [0, 0.1) is 0 Å². The van der Waals surface area contributed by atoms with Gasteiger partial charge in [-0.05, 0) is 35.9 Å². The van der Waals surface area contributed by atoms with Crippen molar-refractivity contribution in [2.45, 2.75) is 6.42 Å². The van der Waals surface area contributed by atoms with Crippen molar-refractivity contribution in [1.29, 1.82) is 0 Å². The topological polar surface area (TPSA) is 49.4 Å². The standard InChI is InChI=1S/C17H17BrN2O2/c1-20(2)17(22)13-4-3-5-15(11-13)19-16(21)10-12-6-8-14(18)9-7-12/h3-9,11H,10H2,1-2H3,(H,19,21). The fourth-order valence-corrected chi connectivity index (χ4v) is 2.25. The maximum absolute atomic E-state index is 12.1. The molecule has 1 N–H and O–H groups in total. The molecule has 0 atom stereocenters. The van der Waals surface area contributed by atoms with Crippen molar-refractivity contribution >= 4 is 33.4 Å². The van der Waals surface area contributed by atoms with E-state index in [0.29, 0.717) is 17.7 Å². The Balaban J connectivity index is 2.04. The van der Waals surface area contributed by atoms with Gasteiger partial charge in [-0.1, -0.05) is 34.1 Å². The number of hydrogen-bond donors (Lipinski definition) is 1. The molecular weight excluding hydrogens is 344 g/mol. The summed E-state index contributed by atoms with van der Waals surface area (Å²) in [7, 11) is 3.39. The molecule has 2 aromatic rings. The number of halogens is 1. The maximum atomic E-state index is 12.1. The van der Waals surface area contributed by atoms with E-state index in [1.54, 1.807) is 38.4 Å². The van der Waals surface area contributed by atoms with Crippen LogP contribution in [-0.2, 0) is 11.2 Å². The molecule has 0 saturated carbocycles. The predicted octanol–water partition coefficient (Wildman–Crippen LogP) is 3.33. The fourth-order valence-electron chi connectivity index (χ4n) is 1.98. The van der Waals surface area contributed by atoms with E-state index in [1.807, 2.05) is 24.3 Å². The van der Waals surface area contributed by atoms with E-state index in [1.165, 1.54) is 4.90 Å². The summed E-state index contributed by atoms with van der Waals surface area (Å²) in [5.41, 5.74) is 2.10. The van der Waals surface area contributed by atoms with Gasteiger partial charge in [0.25, 0.3) is 5.91 Å². The molecule has 0 aliphatic carbocycles. The van der Waals surface area contributed by atoms with Crippen molar-refractivity contribution in [2.75, 3.05) is 19.4 Å². The van der Waals surface area contributed by atoms with Gasteiger partial charge in [-0.2, -0.15) is 0 Å². The van der Waals surface area contributed by atoms with Crippen molar-refractivity contribution in [3.63, 3.8) is 0 Å². The summed E-state index contributed by atoms with van der Waals surface area (Å²) < 4.78 is 0.978. The third kappa shape index (κ3) is 4.43. The number of carbonyl (C=O) groups excluding carboxylic acids is 2. The lowest BCUT2D eigenvalue weighted by Crippen LogP contribution is -2.22. The first-order chi connectivity index (χ1) is 10.5. The number of carbonyl (C=O) groups is 2. The van der Waals surface area contributed by atoms with Gasteiger partial charge in [-0.15, -0.1) is 0 Å². The zero-order chi connectivity index (χ0) is 16.1. The second kappa shape index (κ2) is 7.22. The largest absolute Gasteiger partial charge is 0.345 e. The van der Waals surface area contributed by atoms with Gasteiger partial charge in [0.15, 0.2) is 0 Å². The molecule has 114 valence electrons. The van der Waals surface area contributed by atoms with Gasteiger partial charge >= 0.3 is 0 Å². The zero-order valence-corrected chi connectivity index (χ0v) is 14.1. The first kappa shape index (κ1) is 16.2. The highest BCUT2D eigenvalue weighted by Gasteiger charge is 2.09. The summed E-state index contributed by atoms with van der Waals surface area (Å²) in [6, 6.07) is 14.5. The summed E-state index contributed by atoms with van der Waals surface area (Å²) in [5, 5.41) is 2.82. The molecule has 0 radical (unpaired) electrons. The van der Waals surface area contributed by atoms with Gasteiger partial charge < -0.3 is 10.2 Å². The Labute approximate surface area is 138 Å². The molecule has 0 saturated heterocycles. The summed E-state index contributed by atoms with van der Waals surface area (Å²) in [6.07, 6.45) is 0.291. The highest BCUT2D eigenvalue weighted by molar-refractivity contribution is 9.10. The molecule has 2 aromatic carbocycles. The number of amides is 2. The smallest absolute Gasteiger partial charge is 0.253 e. The van der Waals surface area contributed by atoms with Crippen molar-refractivity contribution in [1.82, 2.24) is 4.90 Å². The van der Waals surface area contributed by atoms with Crippen LogP contribution >= 0.6 is 15.9 Å². The highest BCUT2D eigenvalue weighted by atomic mass is 79.9. The molecular formula is C17H17BrN2O2. The highest BCUT2D eigenvalue weighted by Crippen LogP contribution is 2.14. The molecule has 22 heavy (non-hydrogen) atoms. The minimum absolute atomic E-state index is 0.0935. The molecule has 2 amide bonds. The van der Waals surface area contributed by atoms with Crippen molar-refractivity contribution < 1.29 is 9.59 Å². The minimum Gasteiger partial charge on any atom is -0.345 e. The third-order valence-electron chi connectivity index (χ3n) is 3.08. The summed E-state index contributed by atoms with van der Waals surface area (Å²) >= 11 is 3.36. The van der Waals surface area contributed by atoms with E-state index in [2.05, 4.69) is 21.2 Å². The van der Waals surface area contributed by atoms with Crippen LogP contribution in [0.15, 0.2) is 53.0 Å². The first-order valence-electron chi connectivity index (χ1n) is 6.82. The molecule has 5 heteroatoms. The van der Waals surface area contributed by atoms with Crippen LogP contribution in [0.5, 0.6) is 0 Å². The number of benzene rings is 2. The van der Waals surface area contributed by atoms with Crippen LogP contribution in [0.2, 0.25) is 0 Å². The zero-order valence-electron chi connectivity index (χ0n) is 12.5. The molecule has 0 aliphatic rings. The van der Waals surface area contributed by atoms with Crippen LogP contribution in [0.3, 0.4) is 0 Å².